The minimum absolute atomic E-state index is 0.0718. The first-order chi connectivity index (χ1) is 8.65. The molecule has 0 radical (unpaired) electrons. The smallest absolute Gasteiger partial charge is 0.335 e. The molecule has 0 heterocycles. The molecule has 0 aliphatic heterocycles. The maximum absolute atomic E-state index is 11.9. The maximum atomic E-state index is 11.9. The number of carbonyl (C=O) groups is 1. The van der Waals surface area contributed by atoms with E-state index in [0.29, 0.717) is 0 Å². The van der Waals surface area contributed by atoms with Gasteiger partial charge in [-0.1, -0.05) is 0 Å². The molecule has 0 amide bonds. The van der Waals surface area contributed by atoms with Gasteiger partial charge in [-0.2, -0.15) is 12.7 Å². The number of rotatable bonds is 5. The second kappa shape index (κ2) is 5.45. The average Bonchev–Trinajstić information content (AvgIpc) is 2.30. The Morgan fingerprint density at radius 2 is 1.95 bits per heavy atom. The zero-order valence-electron chi connectivity index (χ0n) is 10.8. The van der Waals surface area contributed by atoms with Crippen molar-refractivity contribution in [3.8, 4) is 5.75 Å². The van der Waals surface area contributed by atoms with Crippen LogP contribution in [0.25, 0.3) is 0 Å². The standard InChI is InChI=1S/C11H16N2O5S/c1-7(2)13(3)19(17,18)12-9-5-4-8(11(15)16)6-10(9)14/h4-7,12,14H,1-3H3,(H,15,16). The fourth-order valence-electron chi connectivity index (χ4n) is 1.24. The highest BCUT2D eigenvalue weighted by atomic mass is 32.2. The molecule has 0 atom stereocenters. The summed E-state index contributed by atoms with van der Waals surface area (Å²) in [6.45, 7) is 3.40. The van der Waals surface area contributed by atoms with Gasteiger partial charge in [-0.3, -0.25) is 4.72 Å². The molecule has 3 N–H and O–H groups in total. The summed E-state index contributed by atoms with van der Waals surface area (Å²) in [4.78, 5) is 10.7. The number of nitrogens with one attached hydrogen (secondary N) is 1. The molecule has 1 rings (SSSR count). The summed E-state index contributed by atoms with van der Waals surface area (Å²) < 4.78 is 27.1. The Morgan fingerprint density at radius 1 is 1.37 bits per heavy atom. The summed E-state index contributed by atoms with van der Waals surface area (Å²) in [7, 11) is -2.39. The van der Waals surface area contributed by atoms with Gasteiger partial charge in [0.1, 0.15) is 5.75 Å². The Balaban J connectivity index is 3.04. The molecule has 7 nitrogen and oxygen atoms in total. The number of carboxylic acid groups (broad SMARTS) is 1. The number of carboxylic acids is 1. The van der Waals surface area contributed by atoms with Crippen LogP contribution in [0.15, 0.2) is 18.2 Å². The van der Waals surface area contributed by atoms with E-state index in [4.69, 9.17) is 5.11 Å². The fourth-order valence-corrected chi connectivity index (χ4v) is 2.39. The van der Waals surface area contributed by atoms with Crippen molar-refractivity contribution in [1.29, 1.82) is 0 Å². The van der Waals surface area contributed by atoms with Crippen LogP contribution in [0.1, 0.15) is 24.2 Å². The van der Waals surface area contributed by atoms with Gasteiger partial charge in [-0.05, 0) is 32.0 Å². The van der Waals surface area contributed by atoms with Crippen LogP contribution in [0, 0.1) is 0 Å². The van der Waals surface area contributed by atoms with Crippen molar-refractivity contribution in [2.24, 2.45) is 0 Å². The molecule has 19 heavy (non-hydrogen) atoms. The van der Waals surface area contributed by atoms with Crippen LogP contribution in [0.4, 0.5) is 5.69 Å². The van der Waals surface area contributed by atoms with Gasteiger partial charge in [0, 0.05) is 13.1 Å². The Hall–Kier alpha value is -1.80. The minimum atomic E-state index is -3.79. The first-order valence-corrected chi connectivity index (χ1v) is 6.91. The zero-order valence-corrected chi connectivity index (χ0v) is 11.6. The molecule has 0 bridgehead atoms. The van der Waals surface area contributed by atoms with Crippen molar-refractivity contribution in [2.45, 2.75) is 19.9 Å². The first-order valence-electron chi connectivity index (χ1n) is 5.47. The molecule has 0 saturated carbocycles. The highest BCUT2D eigenvalue weighted by Gasteiger charge is 2.21. The molecule has 0 aliphatic rings. The second-order valence-electron chi connectivity index (χ2n) is 4.25. The number of nitrogens with zero attached hydrogens (tertiary/aromatic N) is 1. The molecule has 0 saturated heterocycles. The van der Waals surface area contributed by atoms with Crippen LogP contribution in [0.2, 0.25) is 0 Å². The molecule has 0 spiro atoms. The lowest BCUT2D eigenvalue weighted by atomic mass is 10.2. The summed E-state index contributed by atoms with van der Waals surface area (Å²) in [6.07, 6.45) is 0. The van der Waals surface area contributed by atoms with Gasteiger partial charge in [0.05, 0.1) is 11.3 Å². The predicted octanol–water partition coefficient (Wildman–Crippen LogP) is 1.09. The highest BCUT2D eigenvalue weighted by molar-refractivity contribution is 7.90. The van der Waals surface area contributed by atoms with Crippen molar-refractivity contribution in [2.75, 3.05) is 11.8 Å². The zero-order chi connectivity index (χ0) is 14.8. The Bertz CT molecular complexity index is 583. The topological polar surface area (TPSA) is 107 Å². The molecular formula is C11H16N2O5S. The SMILES string of the molecule is CC(C)N(C)S(=O)(=O)Nc1ccc(C(=O)O)cc1O. The summed E-state index contributed by atoms with van der Waals surface area (Å²) >= 11 is 0. The van der Waals surface area contributed by atoms with Crippen LogP contribution in [0.3, 0.4) is 0 Å². The van der Waals surface area contributed by atoms with E-state index < -0.39 is 21.9 Å². The van der Waals surface area contributed by atoms with E-state index in [1.807, 2.05) is 0 Å². The van der Waals surface area contributed by atoms with Crippen molar-refractivity contribution < 1.29 is 23.4 Å². The number of phenolic OH excluding ortho intramolecular Hbond substituents is 1. The van der Waals surface area contributed by atoms with Gasteiger partial charge < -0.3 is 10.2 Å². The summed E-state index contributed by atoms with van der Waals surface area (Å²) in [5.41, 5.74) is -0.199. The van der Waals surface area contributed by atoms with E-state index in [9.17, 15) is 18.3 Å². The van der Waals surface area contributed by atoms with Crippen LogP contribution >= 0.6 is 0 Å². The number of aromatic carboxylic acids is 1. The molecular weight excluding hydrogens is 272 g/mol. The average molecular weight is 288 g/mol. The van der Waals surface area contributed by atoms with Gasteiger partial charge >= 0.3 is 16.2 Å². The highest BCUT2D eigenvalue weighted by Crippen LogP contribution is 2.26. The molecule has 106 valence electrons. The van der Waals surface area contributed by atoms with E-state index in [1.165, 1.54) is 19.2 Å². The van der Waals surface area contributed by atoms with Crippen molar-refractivity contribution >= 4 is 21.9 Å². The van der Waals surface area contributed by atoms with Crippen molar-refractivity contribution in [3.05, 3.63) is 23.8 Å². The lowest BCUT2D eigenvalue weighted by Crippen LogP contribution is -2.37. The van der Waals surface area contributed by atoms with E-state index in [-0.39, 0.29) is 17.3 Å². The van der Waals surface area contributed by atoms with Crippen molar-refractivity contribution in [3.63, 3.8) is 0 Å². The van der Waals surface area contributed by atoms with Gasteiger partial charge in [0.15, 0.2) is 0 Å². The van der Waals surface area contributed by atoms with Crippen LogP contribution in [-0.2, 0) is 10.2 Å². The Morgan fingerprint density at radius 3 is 2.37 bits per heavy atom. The molecule has 0 aliphatic carbocycles. The van der Waals surface area contributed by atoms with Gasteiger partial charge in [-0.25, -0.2) is 4.79 Å². The van der Waals surface area contributed by atoms with E-state index in [1.54, 1.807) is 13.8 Å². The monoisotopic (exact) mass is 288 g/mol. The summed E-state index contributed by atoms with van der Waals surface area (Å²) in [5.74, 6) is -1.65. The maximum Gasteiger partial charge on any atom is 0.335 e. The third-order valence-corrected chi connectivity index (χ3v) is 4.25. The van der Waals surface area contributed by atoms with Gasteiger partial charge in [-0.15, -0.1) is 0 Å². The molecule has 0 unspecified atom stereocenters. The molecule has 0 aromatic heterocycles. The minimum Gasteiger partial charge on any atom is -0.506 e. The van der Waals surface area contributed by atoms with E-state index in [0.717, 1.165) is 10.4 Å². The summed E-state index contributed by atoms with van der Waals surface area (Å²) in [6, 6.07) is 3.13. The number of hydrogen-bond donors (Lipinski definition) is 3. The number of benzene rings is 1. The number of phenols is 1. The quantitative estimate of drug-likeness (QED) is 0.703. The van der Waals surface area contributed by atoms with Crippen LogP contribution in [0.5, 0.6) is 5.75 Å². The third kappa shape index (κ3) is 3.58. The first kappa shape index (κ1) is 15.3. The van der Waals surface area contributed by atoms with Gasteiger partial charge in [0.25, 0.3) is 0 Å². The Kier molecular flexibility index (Phi) is 4.38. The molecule has 0 fully saturated rings. The molecule has 1 aromatic rings. The van der Waals surface area contributed by atoms with E-state index >= 15 is 0 Å². The summed E-state index contributed by atoms with van der Waals surface area (Å²) in [5, 5.41) is 18.4. The lowest BCUT2D eigenvalue weighted by molar-refractivity contribution is 0.0696. The van der Waals surface area contributed by atoms with Crippen LogP contribution < -0.4 is 4.72 Å². The lowest BCUT2D eigenvalue weighted by Gasteiger charge is -2.22. The molecule has 8 heteroatoms. The normalized spacial score (nSPS) is 11.8. The Labute approximate surface area is 111 Å². The van der Waals surface area contributed by atoms with Crippen molar-refractivity contribution in [1.82, 2.24) is 4.31 Å². The van der Waals surface area contributed by atoms with E-state index in [2.05, 4.69) is 4.72 Å². The predicted molar refractivity (Wildman–Crippen MR) is 70.5 cm³/mol. The number of aromatic hydroxyl groups is 1. The molecule has 1 aromatic carbocycles. The number of hydrogen-bond acceptors (Lipinski definition) is 4. The second-order valence-corrected chi connectivity index (χ2v) is 5.98. The number of anilines is 1. The third-order valence-electron chi connectivity index (χ3n) is 2.59. The van der Waals surface area contributed by atoms with Gasteiger partial charge in [0.2, 0.25) is 0 Å². The fraction of sp³-hybridized carbons (Fsp3) is 0.364. The largest absolute Gasteiger partial charge is 0.506 e. The van der Waals surface area contributed by atoms with Crippen LogP contribution in [-0.4, -0.2) is 42.0 Å².